The number of carbonyl (C=O) groups is 1. The average Bonchev–Trinajstić information content (AvgIpc) is 2.26. The average molecular weight is 246 g/mol. The zero-order valence-corrected chi connectivity index (χ0v) is 9.57. The molecule has 0 spiro atoms. The Hall–Kier alpha value is -0.900. The fourth-order valence-electron chi connectivity index (χ4n) is 2.22. The van der Waals surface area contributed by atoms with Gasteiger partial charge in [0.2, 0.25) is 0 Å². The SMILES string of the molecule is N[C@]1([13c]2[13cH][13cH][13cH][13cH][13c]2Cl)CCC[C@@H](O)C1=O. The molecule has 0 amide bonds. The lowest BCUT2D eigenvalue weighted by molar-refractivity contribution is -0.136. The molecule has 16 heavy (non-hydrogen) atoms. The number of carbonyl (C=O) groups excluding carboxylic acids is 1. The highest BCUT2D eigenvalue weighted by atomic mass is 35.5. The van der Waals surface area contributed by atoms with Crippen molar-refractivity contribution in [2.45, 2.75) is 30.9 Å². The Morgan fingerprint density at radius 3 is 2.81 bits per heavy atom. The minimum Gasteiger partial charge on any atom is -0.385 e. The number of hydrogen-bond donors (Lipinski definition) is 2. The molecule has 0 unspecified atom stereocenters. The fraction of sp³-hybridized carbons (Fsp3) is 0.417. The second-order valence-corrected chi connectivity index (χ2v) is 4.63. The summed E-state index contributed by atoms with van der Waals surface area (Å²) in [5.41, 5.74) is 5.60. The second-order valence-electron chi connectivity index (χ2n) is 4.22. The number of nitrogens with two attached hydrogens (primary N) is 1. The van der Waals surface area contributed by atoms with E-state index in [1.54, 1.807) is 24.3 Å². The number of Topliss-reactive ketones (excluding diaryl/α,β-unsaturated/α-hetero) is 1. The molecule has 1 aliphatic carbocycles. The number of ketones is 1. The monoisotopic (exact) mass is 245 g/mol. The van der Waals surface area contributed by atoms with Crippen molar-refractivity contribution < 1.29 is 9.90 Å². The molecule has 1 aromatic carbocycles. The molecule has 86 valence electrons. The molecular formula is C12H14ClNO2. The lowest BCUT2D eigenvalue weighted by atomic mass is 9.84. The first kappa shape index (κ1) is 11.6. The molecule has 1 saturated carbocycles. The third-order valence-corrected chi connectivity index (χ3v) is 3.48. The van der Waals surface area contributed by atoms with E-state index in [0.717, 1.165) is 6.42 Å². The van der Waals surface area contributed by atoms with Crippen LogP contribution in [-0.4, -0.2) is 17.0 Å². The van der Waals surface area contributed by atoms with Crippen LogP contribution in [0.5, 0.6) is 0 Å². The normalized spacial score (nSPS) is 30.4. The number of halogens is 1. The van der Waals surface area contributed by atoms with Crippen LogP contribution < -0.4 is 5.73 Å². The molecule has 3 N–H and O–H groups in total. The summed E-state index contributed by atoms with van der Waals surface area (Å²) in [4.78, 5) is 12.0. The van der Waals surface area contributed by atoms with Crippen LogP contribution in [0.25, 0.3) is 0 Å². The molecule has 0 aromatic heterocycles. The van der Waals surface area contributed by atoms with Gasteiger partial charge in [0.05, 0.1) is 0 Å². The summed E-state index contributed by atoms with van der Waals surface area (Å²) in [7, 11) is 0. The molecule has 4 heteroatoms. The highest BCUT2D eigenvalue weighted by molar-refractivity contribution is 6.31. The molecule has 1 fully saturated rings. The first-order valence-electron chi connectivity index (χ1n) is 5.32. The molecule has 1 aliphatic rings. The van der Waals surface area contributed by atoms with Crippen molar-refractivity contribution in [3.63, 3.8) is 0 Å². The number of hydrogen-bond acceptors (Lipinski definition) is 3. The molecular weight excluding hydrogens is 232 g/mol. The molecule has 0 saturated heterocycles. The first-order valence-corrected chi connectivity index (χ1v) is 5.70. The molecule has 1 aromatic rings. The van der Waals surface area contributed by atoms with E-state index in [2.05, 4.69) is 0 Å². The van der Waals surface area contributed by atoms with Crippen molar-refractivity contribution in [3.8, 4) is 0 Å². The highest BCUT2D eigenvalue weighted by Gasteiger charge is 2.43. The first-order chi connectivity index (χ1) is 7.55. The van der Waals surface area contributed by atoms with E-state index in [0.29, 0.717) is 23.4 Å². The van der Waals surface area contributed by atoms with Gasteiger partial charge in [-0.25, -0.2) is 0 Å². The van der Waals surface area contributed by atoms with E-state index in [1.807, 2.05) is 0 Å². The van der Waals surface area contributed by atoms with Gasteiger partial charge in [0.25, 0.3) is 0 Å². The molecule has 3 nitrogen and oxygen atoms in total. The molecule has 0 heterocycles. The van der Waals surface area contributed by atoms with Gasteiger partial charge in [0.1, 0.15) is 11.6 Å². The molecule has 0 aliphatic heterocycles. The minimum absolute atomic E-state index is 0.327. The summed E-state index contributed by atoms with van der Waals surface area (Å²) >= 11 is 6.05. The zero-order valence-electron chi connectivity index (χ0n) is 8.82. The molecule has 0 bridgehead atoms. The van der Waals surface area contributed by atoms with Crippen LogP contribution in [0.3, 0.4) is 0 Å². The lowest BCUT2D eigenvalue weighted by Gasteiger charge is -2.35. The Bertz CT molecular complexity index is 421. The van der Waals surface area contributed by atoms with Gasteiger partial charge in [0.15, 0.2) is 5.78 Å². The maximum Gasteiger partial charge on any atom is 0.185 e. The van der Waals surface area contributed by atoms with Gasteiger partial charge < -0.3 is 10.8 Å². The fourth-order valence-corrected chi connectivity index (χ4v) is 2.52. The van der Waals surface area contributed by atoms with E-state index in [9.17, 15) is 9.90 Å². The largest absolute Gasteiger partial charge is 0.385 e. The van der Waals surface area contributed by atoms with Gasteiger partial charge in [-0.1, -0.05) is 29.8 Å². The standard InChI is InChI=1S/C12H14ClNO2/c13-9-5-2-1-4-8(9)12(14)7-3-6-10(15)11(12)16/h1-2,4-5,10,15H,3,6-7,14H2/t10-,12+/m1/s1/i1+1,2+1,4+1,5+1,8+1,9+1. The van der Waals surface area contributed by atoms with Crippen LogP contribution in [0.1, 0.15) is 24.8 Å². The number of aliphatic hydroxyl groups is 1. The van der Waals surface area contributed by atoms with Crippen LogP contribution in [0.15, 0.2) is 24.3 Å². The third-order valence-electron chi connectivity index (χ3n) is 3.15. The summed E-state index contributed by atoms with van der Waals surface area (Å²) in [6.45, 7) is 0. The summed E-state index contributed by atoms with van der Waals surface area (Å²) in [6, 6.07) is 7.04. The van der Waals surface area contributed by atoms with Crippen molar-refractivity contribution in [1.82, 2.24) is 0 Å². The van der Waals surface area contributed by atoms with E-state index >= 15 is 0 Å². The third kappa shape index (κ3) is 1.75. The van der Waals surface area contributed by atoms with E-state index in [1.165, 1.54) is 0 Å². The van der Waals surface area contributed by atoms with Gasteiger partial charge >= 0.3 is 0 Å². The Kier molecular flexibility index (Phi) is 3.02. The maximum atomic E-state index is 12.0. The Labute approximate surface area is 99.2 Å². The van der Waals surface area contributed by atoms with E-state index in [4.69, 9.17) is 17.3 Å². The molecule has 2 rings (SSSR count). The van der Waals surface area contributed by atoms with Crippen molar-refractivity contribution in [2.75, 3.05) is 0 Å². The van der Waals surface area contributed by atoms with Gasteiger partial charge in [-0.05, 0) is 30.9 Å². The summed E-state index contributed by atoms with van der Waals surface area (Å²) in [6.07, 6.45) is 0.791. The van der Waals surface area contributed by atoms with Crippen molar-refractivity contribution >= 4 is 17.4 Å². The van der Waals surface area contributed by atoms with Gasteiger partial charge in [-0.15, -0.1) is 0 Å². The van der Waals surface area contributed by atoms with E-state index in [-0.39, 0.29) is 5.78 Å². The topological polar surface area (TPSA) is 63.3 Å². The van der Waals surface area contributed by atoms with Crippen molar-refractivity contribution in [3.05, 3.63) is 34.9 Å². The predicted octanol–water partition coefficient (Wildman–Crippen LogP) is 1.61. The summed E-state index contributed by atoms with van der Waals surface area (Å²) in [5.74, 6) is -0.327. The van der Waals surface area contributed by atoms with Crippen LogP contribution in [0.4, 0.5) is 0 Å². The second kappa shape index (κ2) is 4.17. The van der Waals surface area contributed by atoms with Gasteiger partial charge in [-0.3, -0.25) is 4.79 Å². The Morgan fingerprint density at radius 1 is 1.44 bits per heavy atom. The number of rotatable bonds is 1. The van der Waals surface area contributed by atoms with Crippen molar-refractivity contribution in [1.29, 1.82) is 0 Å². The van der Waals surface area contributed by atoms with Crippen LogP contribution in [-0.2, 0) is 10.3 Å². The Balaban J connectivity index is 2.45. The summed E-state index contributed by atoms with van der Waals surface area (Å²) < 4.78 is 0. The van der Waals surface area contributed by atoms with E-state index < -0.39 is 11.6 Å². The number of aliphatic hydroxyl groups excluding tert-OH is 1. The quantitative estimate of drug-likeness (QED) is 0.790. The van der Waals surface area contributed by atoms with Gasteiger partial charge in [0, 0.05) is 5.02 Å². The molecule has 2 atom stereocenters. The smallest absolute Gasteiger partial charge is 0.185 e. The molecule has 0 radical (unpaired) electrons. The Morgan fingerprint density at radius 2 is 2.12 bits per heavy atom. The van der Waals surface area contributed by atoms with Crippen LogP contribution in [0.2, 0.25) is 5.02 Å². The lowest BCUT2D eigenvalue weighted by Crippen LogP contribution is -2.52. The predicted molar refractivity (Wildman–Crippen MR) is 62.2 cm³/mol. The maximum absolute atomic E-state index is 12.0. The highest BCUT2D eigenvalue weighted by Crippen LogP contribution is 2.35. The summed E-state index contributed by atoms with van der Waals surface area (Å²) in [5, 5.41) is 10.1. The van der Waals surface area contributed by atoms with Crippen LogP contribution in [0, 0.1) is 0 Å². The van der Waals surface area contributed by atoms with Crippen LogP contribution >= 0.6 is 11.6 Å². The minimum atomic E-state index is -1.13. The number of benzene rings is 1. The zero-order chi connectivity index (χ0) is 11.8. The van der Waals surface area contributed by atoms with Gasteiger partial charge in [-0.2, -0.15) is 0 Å². The van der Waals surface area contributed by atoms with Crippen molar-refractivity contribution in [2.24, 2.45) is 5.73 Å².